The lowest BCUT2D eigenvalue weighted by Gasteiger charge is -2.34. The number of β-amino-alcohol motifs (C(OH)–C–C–N with tert-alkyl or cyclic N) is 1. The molecule has 0 spiro atoms. The van der Waals surface area contributed by atoms with Gasteiger partial charge in [0, 0.05) is 19.7 Å². The van der Waals surface area contributed by atoms with Gasteiger partial charge in [-0.05, 0) is 24.8 Å². The number of ether oxygens (including phenoxy) is 1. The van der Waals surface area contributed by atoms with E-state index in [9.17, 15) is 5.11 Å². The molecule has 1 rings (SSSR count). The molecule has 3 heteroatoms. The summed E-state index contributed by atoms with van der Waals surface area (Å²) in [4.78, 5) is 2.30. The molecule has 1 aliphatic rings. The van der Waals surface area contributed by atoms with Crippen LogP contribution in [0, 0.1) is 11.8 Å². The topological polar surface area (TPSA) is 32.7 Å². The highest BCUT2D eigenvalue weighted by Crippen LogP contribution is 2.16. The van der Waals surface area contributed by atoms with Crippen molar-refractivity contribution in [3.63, 3.8) is 0 Å². The lowest BCUT2D eigenvalue weighted by atomic mass is 9.96. The standard InChI is InChI=1S/C12H25NO2/c1-10(2)9-15-7-6-13-5-4-11(3)12(14)8-13/h10-12,14H,4-9H2,1-3H3. The minimum absolute atomic E-state index is 0.149. The Kier molecular flexibility index (Phi) is 5.58. The zero-order chi connectivity index (χ0) is 11.3. The fourth-order valence-corrected chi connectivity index (χ4v) is 1.83. The third kappa shape index (κ3) is 4.96. The molecule has 15 heavy (non-hydrogen) atoms. The molecule has 1 heterocycles. The largest absolute Gasteiger partial charge is 0.392 e. The van der Waals surface area contributed by atoms with Gasteiger partial charge in [-0.15, -0.1) is 0 Å². The molecule has 90 valence electrons. The number of aliphatic hydroxyl groups excluding tert-OH is 1. The predicted octanol–water partition coefficient (Wildman–Crippen LogP) is 1.36. The quantitative estimate of drug-likeness (QED) is 0.703. The van der Waals surface area contributed by atoms with E-state index < -0.39 is 0 Å². The predicted molar refractivity (Wildman–Crippen MR) is 61.9 cm³/mol. The van der Waals surface area contributed by atoms with Gasteiger partial charge in [-0.2, -0.15) is 0 Å². The molecule has 0 bridgehead atoms. The van der Waals surface area contributed by atoms with E-state index in [2.05, 4.69) is 25.7 Å². The van der Waals surface area contributed by atoms with Crippen molar-refractivity contribution in [3.8, 4) is 0 Å². The number of hydrogen-bond donors (Lipinski definition) is 1. The summed E-state index contributed by atoms with van der Waals surface area (Å²) in [7, 11) is 0. The molecule has 0 aromatic rings. The van der Waals surface area contributed by atoms with Gasteiger partial charge in [-0.25, -0.2) is 0 Å². The average Bonchev–Trinajstić information content (AvgIpc) is 2.18. The average molecular weight is 215 g/mol. The summed E-state index contributed by atoms with van der Waals surface area (Å²) in [6, 6.07) is 0. The van der Waals surface area contributed by atoms with Gasteiger partial charge >= 0.3 is 0 Å². The maximum Gasteiger partial charge on any atom is 0.0693 e. The second-order valence-electron chi connectivity index (χ2n) is 5.10. The molecule has 0 aromatic carbocycles. The fraction of sp³-hybridized carbons (Fsp3) is 1.00. The Morgan fingerprint density at radius 2 is 2.20 bits per heavy atom. The van der Waals surface area contributed by atoms with Crippen molar-refractivity contribution in [3.05, 3.63) is 0 Å². The molecule has 0 radical (unpaired) electrons. The van der Waals surface area contributed by atoms with E-state index in [0.717, 1.165) is 39.3 Å². The van der Waals surface area contributed by atoms with Crippen LogP contribution in [0.5, 0.6) is 0 Å². The SMILES string of the molecule is CC(C)COCCN1CCC(C)C(O)C1. The summed E-state index contributed by atoms with van der Waals surface area (Å²) in [5.41, 5.74) is 0. The zero-order valence-corrected chi connectivity index (χ0v) is 10.3. The molecular weight excluding hydrogens is 190 g/mol. The number of likely N-dealkylation sites (tertiary alicyclic amines) is 1. The summed E-state index contributed by atoms with van der Waals surface area (Å²) in [6.45, 7) is 10.9. The van der Waals surface area contributed by atoms with Gasteiger partial charge < -0.3 is 9.84 Å². The second kappa shape index (κ2) is 6.46. The molecule has 1 aliphatic heterocycles. The molecule has 0 aliphatic carbocycles. The molecule has 2 atom stereocenters. The van der Waals surface area contributed by atoms with E-state index in [1.54, 1.807) is 0 Å². The van der Waals surface area contributed by atoms with Crippen molar-refractivity contribution in [2.45, 2.75) is 33.3 Å². The lowest BCUT2D eigenvalue weighted by Crippen LogP contribution is -2.44. The maximum absolute atomic E-state index is 9.71. The first-order chi connectivity index (χ1) is 7.09. The van der Waals surface area contributed by atoms with Gasteiger partial charge in [0.25, 0.3) is 0 Å². The number of aliphatic hydroxyl groups is 1. The number of nitrogens with zero attached hydrogens (tertiary/aromatic N) is 1. The van der Waals surface area contributed by atoms with Crippen LogP contribution < -0.4 is 0 Å². The molecular formula is C12H25NO2. The Bertz CT molecular complexity index is 173. The van der Waals surface area contributed by atoms with E-state index in [0.29, 0.717) is 11.8 Å². The van der Waals surface area contributed by atoms with Gasteiger partial charge in [0.15, 0.2) is 0 Å². The molecule has 1 N–H and O–H groups in total. The Morgan fingerprint density at radius 3 is 2.80 bits per heavy atom. The first-order valence-electron chi connectivity index (χ1n) is 6.07. The highest BCUT2D eigenvalue weighted by molar-refractivity contribution is 4.76. The van der Waals surface area contributed by atoms with Crippen LogP contribution >= 0.6 is 0 Å². The van der Waals surface area contributed by atoms with Crippen LogP contribution in [-0.4, -0.2) is 49.0 Å². The Morgan fingerprint density at radius 1 is 1.47 bits per heavy atom. The van der Waals surface area contributed by atoms with Gasteiger partial charge in [0.2, 0.25) is 0 Å². The van der Waals surface area contributed by atoms with Gasteiger partial charge in [-0.3, -0.25) is 4.90 Å². The minimum atomic E-state index is -0.149. The summed E-state index contributed by atoms with van der Waals surface area (Å²) in [5, 5.41) is 9.71. The smallest absolute Gasteiger partial charge is 0.0693 e. The van der Waals surface area contributed by atoms with E-state index in [4.69, 9.17) is 4.74 Å². The monoisotopic (exact) mass is 215 g/mol. The van der Waals surface area contributed by atoms with Crippen LogP contribution in [0.3, 0.4) is 0 Å². The van der Waals surface area contributed by atoms with Crippen LogP contribution in [-0.2, 0) is 4.74 Å². The van der Waals surface area contributed by atoms with Crippen LogP contribution in [0.15, 0.2) is 0 Å². The highest BCUT2D eigenvalue weighted by atomic mass is 16.5. The molecule has 1 fully saturated rings. The van der Waals surface area contributed by atoms with Crippen molar-refractivity contribution in [1.82, 2.24) is 4.90 Å². The van der Waals surface area contributed by atoms with E-state index >= 15 is 0 Å². The van der Waals surface area contributed by atoms with Crippen LogP contribution in [0.25, 0.3) is 0 Å². The molecule has 2 unspecified atom stereocenters. The van der Waals surface area contributed by atoms with Crippen LogP contribution in [0.4, 0.5) is 0 Å². The van der Waals surface area contributed by atoms with Crippen LogP contribution in [0.2, 0.25) is 0 Å². The van der Waals surface area contributed by atoms with Crippen molar-refractivity contribution in [1.29, 1.82) is 0 Å². The van der Waals surface area contributed by atoms with Gasteiger partial charge in [0.1, 0.15) is 0 Å². The lowest BCUT2D eigenvalue weighted by molar-refractivity contribution is 0.0117. The Hall–Kier alpha value is -0.120. The van der Waals surface area contributed by atoms with E-state index in [1.165, 1.54) is 0 Å². The maximum atomic E-state index is 9.71. The van der Waals surface area contributed by atoms with Crippen molar-refractivity contribution < 1.29 is 9.84 Å². The number of piperidine rings is 1. The second-order valence-corrected chi connectivity index (χ2v) is 5.10. The van der Waals surface area contributed by atoms with Gasteiger partial charge in [-0.1, -0.05) is 20.8 Å². The van der Waals surface area contributed by atoms with Gasteiger partial charge in [0.05, 0.1) is 12.7 Å². The molecule has 0 saturated carbocycles. The first-order valence-corrected chi connectivity index (χ1v) is 6.07. The molecule has 3 nitrogen and oxygen atoms in total. The fourth-order valence-electron chi connectivity index (χ4n) is 1.83. The zero-order valence-electron chi connectivity index (χ0n) is 10.3. The normalized spacial score (nSPS) is 28.6. The third-order valence-corrected chi connectivity index (χ3v) is 3.01. The molecule has 0 amide bonds. The van der Waals surface area contributed by atoms with Crippen molar-refractivity contribution >= 4 is 0 Å². The highest BCUT2D eigenvalue weighted by Gasteiger charge is 2.23. The minimum Gasteiger partial charge on any atom is -0.392 e. The number of hydrogen-bond acceptors (Lipinski definition) is 3. The summed E-state index contributed by atoms with van der Waals surface area (Å²) in [5.74, 6) is 1.06. The van der Waals surface area contributed by atoms with Crippen molar-refractivity contribution in [2.75, 3.05) is 32.8 Å². The summed E-state index contributed by atoms with van der Waals surface area (Å²) < 4.78 is 5.54. The van der Waals surface area contributed by atoms with E-state index in [-0.39, 0.29) is 6.10 Å². The van der Waals surface area contributed by atoms with E-state index in [1.807, 2.05) is 0 Å². The Balaban J connectivity index is 2.07. The first kappa shape index (κ1) is 12.9. The molecule has 0 aromatic heterocycles. The molecule has 1 saturated heterocycles. The van der Waals surface area contributed by atoms with Crippen LogP contribution in [0.1, 0.15) is 27.2 Å². The Labute approximate surface area is 93.4 Å². The summed E-state index contributed by atoms with van der Waals surface area (Å²) >= 11 is 0. The van der Waals surface area contributed by atoms with Crippen molar-refractivity contribution in [2.24, 2.45) is 11.8 Å². The summed E-state index contributed by atoms with van der Waals surface area (Å²) in [6.07, 6.45) is 0.953. The third-order valence-electron chi connectivity index (χ3n) is 3.01. The number of rotatable bonds is 5.